The van der Waals surface area contributed by atoms with E-state index in [1.165, 1.54) is 7.11 Å². The number of carboxylic acids is 1. The SMILES string of the molecule is COC(=O)c1sccc1NC(=O)[C@@H]1[C@@H](C(=O)O)[C@H]2C=C[C@@H]1O2. The maximum atomic E-state index is 12.4. The first-order valence-electron chi connectivity index (χ1n) is 6.56. The molecule has 0 saturated carbocycles. The molecule has 2 aliphatic heterocycles. The second-order valence-electron chi connectivity index (χ2n) is 4.98. The molecule has 1 amide bonds. The van der Waals surface area contributed by atoms with Crippen molar-refractivity contribution in [3.05, 3.63) is 28.5 Å². The third kappa shape index (κ3) is 2.30. The number of esters is 1. The highest BCUT2D eigenvalue weighted by atomic mass is 32.1. The summed E-state index contributed by atoms with van der Waals surface area (Å²) in [6, 6.07) is 1.58. The second kappa shape index (κ2) is 5.54. The van der Waals surface area contributed by atoms with Crippen LogP contribution in [0.3, 0.4) is 0 Å². The first kappa shape index (κ1) is 14.7. The second-order valence-corrected chi connectivity index (χ2v) is 5.90. The molecule has 4 atom stereocenters. The van der Waals surface area contributed by atoms with E-state index in [4.69, 9.17) is 4.74 Å². The highest BCUT2D eigenvalue weighted by Gasteiger charge is 2.53. The Kier molecular flexibility index (Phi) is 3.71. The van der Waals surface area contributed by atoms with Crippen molar-refractivity contribution in [2.75, 3.05) is 12.4 Å². The number of rotatable bonds is 4. The minimum Gasteiger partial charge on any atom is -0.481 e. The summed E-state index contributed by atoms with van der Waals surface area (Å²) >= 11 is 1.14. The lowest BCUT2D eigenvalue weighted by atomic mass is 9.82. The van der Waals surface area contributed by atoms with Gasteiger partial charge in [0.05, 0.1) is 30.9 Å². The maximum absolute atomic E-state index is 12.4. The Morgan fingerprint density at radius 2 is 1.95 bits per heavy atom. The predicted octanol–water partition coefficient (Wildman–Crippen LogP) is 1.13. The number of nitrogens with one attached hydrogen (secondary N) is 1. The monoisotopic (exact) mass is 323 g/mol. The van der Waals surface area contributed by atoms with E-state index in [2.05, 4.69) is 10.1 Å². The van der Waals surface area contributed by atoms with Gasteiger partial charge in [0.15, 0.2) is 0 Å². The van der Waals surface area contributed by atoms with Gasteiger partial charge in [-0.25, -0.2) is 4.79 Å². The molecular weight excluding hydrogens is 310 g/mol. The zero-order chi connectivity index (χ0) is 15.9. The van der Waals surface area contributed by atoms with Crippen molar-refractivity contribution in [3.8, 4) is 0 Å². The number of amides is 1. The van der Waals surface area contributed by atoms with Crippen LogP contribution in [-0.4, -0.2) is 42.3 Å². The summed E-state index contributed by atoms with van der Waals surface area (Å²) in [5, 5.41) is 13.6. The summed E-state index contributed by atoms with van der Waals surface area (Å²) < 4.78 is 10.1. The highest BCUT2D eigenvalue weighted by molar-refractivity contribution is 7.12. The van der Waals surface area contributed by atoms with E-state index in [9.17, 15) is 19.5 Å². The van der Waals surface area contributed by atoms with E-state index in [0.717, 1.165) is 11.3 Å². The fourth-order valence-corrected chi connectivity index (χ4v) is 3.56. The largest absolute Gasteiger partial charge is 0.481 e. The first-order valence-corrected chi connectivity index (χ1v) is 7.44. The minimum atomic E-state index is -1.07. The van der Waals surface area contributed by atoms with Crippen LogP contribution in [0.4, 0.5) is 5.69 Å². The summed E-state index contributed by atoms with van der Waals surface area (Å²) in [5.41, 5.74) is 0.317. The number of hydrogen-bond acceptors (Lipinski definition) is 6. The van der Waals surface area contributed by atoms with Gasteiger partial charge in [0.2, 0.25) is 5.91 Å². The zero-order valence-corrected chi connectivity index (χ0v) is 12.3. The number of carbonyl (C=O) groups is 3. The van der Waals surface area contributed by atoms with E-state index in [0.29, 0.717) is 5.69 Å². The van der Waals surface area contributed by atoms with Crippen LogP contribution < -0.4 is 5.32 Å². The number of thiophene rings is 1. The third-order valence-electron chi connectivity index (χ3n) is 3.78. The molecule has 3 rings (SSSR count). The third-order valence-corrected chi connectivity index (χ3v) is 4.68. The zero-order valence-electron chi connectivity index (χ0n) is 11.5. The van der Waals surface area contributed by atoms with Crippen LogP contribution in [0.1, 0.15) is 9.67 Å². The molecule has 7 nitrogen and oxygen atoms in total. The molecule has 1 fully saturated rings. The summed E-state index contributed by atoms with van der Waals surface area (Å²) in [6.45, 7) is 0. The quantitative estimate of drug-likeness (QED) is 0.636. The summed E-state index contributed by atoms with van der Waals surface area (Å²) in [4.78, 5) is 35.7. The normalized spacial score (nSPS) is 28.6. The Balaban J connectivity index is 1.80. The van der Waals surface area contributed by atoms with E-state index < -0.39 is 41.9 Å². The van der Waals surface area contributed by atoms with Gasteiger partial charge in [0.25, 0.3) is 0 Å². The minimum absolute atomic E-state index is 0.266. The van der Waals surface area contributed by atoms with Gasteiger partial charge >= 0.3 is 11.9 Å². The van der Waals surface area contributed by atoms with Crippen molar-refractivity contribution in [2.45, 2.75) is 12.2 Å². The average Bonchev–Trinajstić information content (AvgIpc) is 3.20. The average molecular weight is 323 g/mol. The molecule has 2 N–H and O–H groups in total. The van der Waals surface area contributed by atoms with Crippen LogP contribution in [0.15, 0.2) is 23.6 Å². The molecule has 0 radical (unpaired) electrons. The molecule has 1 aromatic heterocycles. The number of methoxy groups -OCH3 is 1. The Hall–Kier alpha value is -2.19. The lowest BCUT2D eigenvalue weighted by Gasteiger charge is -2.20. The molecule has 2 bridgehead atoms. The van der Waals surface area contributed by atoms with Gasteiger partial charge in [0.1, 0.15) is 10.8 Å². The van der Waals surface area contributed by atoms with Crippen molar-refractivity contribution in [3.63, 3.8) is 0 Å². The molecule has 3 heterocycles. The van der Waals surface area contributed by atoms with Gasteiger partial charge in [-0.3, -0.25) is 9.59 Å². The van der Waals surface area contributed by atoms with Crippen LogP contribution >= 0.6 is 11.3 Å². The molecule has 116 valence electrons. The number of carboxylic acid groups (broad SMARTS) is 1. The molecule has 0 unspecified atom stereocenters. The van der Waals surface area contributed by atoms with Gasteiger partial charge in [0, 0.05) is 0 Å². The molecular formula is C14H13NO6S. The summed E-state index contributed by atoms with van der Waals surface area (Å²) in [6.07, 6.45) is 2.23. The molecule has 0 spiro atoms. The highest BCUT2D eigenvalue weighted by Crippen LogP contribution is 2.40. The number of fused-ring (bicyclic) bond motifs is 2. The lowest BCUT2D eigenvalue weighted by Crippen LogP contribution is -2.39. The first-order chi connectivity index (χ1) is 10.5. The fraction of sp³-hybridized carbons (Fsp3) is 0.357. The van der Waals surface area contributed by atoms with Crippen molar-refractivity contribution in [1.82, 2.24) is 0 Å². The van der Waals surface area contributed by atoms with Crippen LogP contribution in [0.2, 0.25) is 0 Å². The van der Waals surface area contributed by atoms with Gasteiger partial charge < -0.3 is 19.9 Å². The van der Waals surface area contributed by atoms with Crippen LogP contribution in [0, 0.1) is 11.8 Å². The Morgan fingerprint density at radius 3 is 2.59 bits per heavy atom. The van der Waals surface area contributed by atoms with Gasteiger partial charge in [-0.15, -0.1) is 11.3 Å². The summed E-state index contributed by atoms with van der Waals surface area (Å²) in [7, 11) is 1.25. The van der Waals surface area contributed by atoms with E-state index in [-0.39, 0.29) is 4.88 Å². The van der Waals surface area contributed by atoms with Gasteiger partial charge in [-0.05, 0) is 11.4 Å². The van der Waals surface area contributed by atoms with E-state index in [1.54, 1.807) is 23.6 Å². The molecule has 0 aliphatic carbocycles. The Labute approximate surface area is 129 Å². The number of carbonyl (C=O) groups excluding carboxylic acids is 2. The molecule has 1 aromatic rings. The molecule has 2 aliphatic rings. The standard InChI is InChI=1S/C14H13NO6S/c1-20-14(19)11-6(4-5-22-11)15-12(16)9-7-2-3-8(21-7)10(9)13(17)18/h2-5,7-10H,1H3,(H,15,16)(H,17,18)/t7-,8+,9-,10-/m0/s1. The lowest BCUT2D eigenvalue weighted by molar-refractivity contribution is -0.145. The van der Waals surface area contributed by atoms with Crippen molar-refractivity contribution < 1.29 is 29.0 Å². The smallest absolute Gasteiger partial charge is 0.350 e. The Bertz CT molecular complexity index is 666. The van der Waals surface area contributed by atoms with E-state index in [1.807, 2.05) is 0 Å². The molecule has 22 heavy (non-hydrogen) atoms. The topological polar surface area (TPSA) is 102 Å². The van der Waals surface area contributed by atoms with E-state index >= 15 is 0 Å². The van der Waals surface area contributed by atoms with Crippen molar-refractivity contribution >= 4 is 34.9 Å². The van der Waals surface area contributed by atoms with Crippen LogP contribution in [-0.2, 0) is 19.1 Å². The van der Waals surface area contributed by atoms with Crippen molar-refractivity contribution in [1.29, 1.82) is 0 Å². The van der Waals surface area contributed by atoms with Crippen LogP contribution in [0.5, 0.6) is 0 Å². The fourth-order valence-electron chi connectivity index (χ4n) is 2.79. The molecule has 1 saturated heterocycles. The number of ether oxygens (including phenoxy) is 2. The number of anilines is 1. The number of aliphatic carboxylic acids is 1. The van der Waals surface area contributed by atoms with Gasteiger partial charge in [-0.2, -0.15) is 0 Å². The van der Waals surface area contributed by atoms with Crippen LogP contribution in [0.25, 0.3) is 0 Å². The number of hydrogen-bond donors (Lipinski definition) is 2. The van der Waals surface area contributed by atoms with Crippen molar-refractivity contribution in [2.24, 2.45) is 11.8 Å². The van der Waals surface area contributed by atoms with Gasteiger partial charge in [-0.1, -0.05) is 12.2 Å². The molecule has 0 aromatic carbocycles. The maximum Gasteiger partial charge on any atom is 0.350 e. The predicted molar refractivity (Wildman–Crippen MR) is 76.7 cm³/mol. The Morgan fingerprint density at radius 1 is 1.27 bits per heavy atom. The molecule has 8 heteroatoms. The summed E-state index contributed by atoms with van der Waals surface area (Å²) in [5.74, 6) is -3.85.